The fourth-order valence-electron chi connectivity index (χ4n) is 2.55. The molecule has 0 radical (unpaired) electrons. The fourth-order valence-corrected chi connectivity index (χ4v) is 5.35. The number of amides is 1. The smallest absolute Gasteiger partial charge is 0.263 e. The van der Waals surface area contributed by atoms with Gasteiger partial charge in [0.2, 0.25) is 5.03 Å². The summed E-state index contributed by atoms with van der Waals surface area (Å²) in [5.74, 6) is 0.956. The van der Waals surface area contributed by atoms with Gasteiger partial charge in [0.15, 0.2) is 0 Å². The van der Waals surface area contributed by atoms with Crippen molar-refractivity contribution >= 4 is 45.0 Å². The maximum atomic E-state index is 13.0. The number of sulfonamides is 1. The summed E-state index contributed by atoms with van der Waals surface area (Å²) in [6.45, 7) is 3.14. The van der Waals surface area contributed by atoms with Gasteiger partial charge in [-0.05, 0) is 31.2 Å². The molecule has 1 fully saturated rings. The minimum absolute atomic E-state index is 0.0417. The highest BCUT2D eigenvalue weighted by Crippen LogP contribution is 2.23. The van der Waals surface area contributed by atoms with Crippen LogP contribution < -0.4 is 5.32 Å². The molecule has 1 aliphatic heterocycles. The number of rotatable bonds is 5. The minimum atomic E-state index is -3.82. The van der Waals surface area contributed by atoms with E-state index in [4.69, 9.17) is 11.6 Å². The summed E-state index contributed by atoms with van der Waals surface area (Å²) < 4.78 is 28.8. The lowest BCUT2D eigenvalue weighted by molar-refractivity contribution is 0.102. The Bertz CT molecular complexity index is 891. The maximum absolute atomic E-state index is 13.0. The molecule has 1 N–H and O–H groups in total. The van der Waals surface area contributed by atoms with Crippen molar-refractivity contribution in [1.29, 1.82) is 0 Å². The summed E-state index contributed by atoms with van der Waals surface area (Å²) in [6, 6.07) is 6.60. The van der Waals surface area contributed by atoms with Crippen LogP contribution in [0.2, 0.25) is 5.02 Å². The minimum Gasteiger partial charge on any atom is -0.322 e. The second-order valence-corrected chi connectivity index (χ2v) is 9.20. The predicted molar refractivity (Wildman–Crippen MR) is 103 cm³/mol. The molecule has 0 spiro atoms. The first-order chi connectivity index (χ1) is 12.4. The quantitative estimate of drug-likeness (QED) is 0.812. The Morgan fingerprint density at radius 3 is 2.54 bits per heavy atom. The van der Waals surface area contributed by atoms with E-state index in [2.05, 4.69) is 10.4 Å². The maximum Gasteiger partial charge on any atom is 0.263 e. The molecular formula is C16H19ClN4O3S2. The molecule has 1 aromatic heterocycles. The summed E-state index contributed by atoms with van der Waals surface area (Å²) in [7, 11) is -3.82. The summed E-state index contributed by atoms with van der Waals surface area (Å²) in [6.07, 6.45) is 1.47. The molecule has 7 nitrogen and oxygen atoms in total. The van der Waals surface area contributed by atoms with Crippen LogP contribution in [-0.4, -0.2) is 53.0 Å². The van der Waals surface area contributed by atoms with E-state index in [0.29, 0.717) is 30.3 Å². The second kappa shape index (κ2) is 7.99. The Morgan fingerprint density at radius 1 is 1.27 bits per heavy atom. The first-order valence-corrected chi connectivity index (χ1v) is 11.1. The predicted octanol–water partition coefficient (Wildman–Crippen LogP) is 2.55. The first-order valence-electron chi connectivity index (χ1n) is 8.14. The van der Waals surface area contributed by atoms with Crippen LogP contribution in [0.4, 0.5) is 5.69 Å². The molecule has 3 rings (SSSR count). The van der Waals surface area contributed by atoms with Gasteiger partial charge in [0.05, 0.1) is 5.56 Å². The van der Waals surface area contributed by atoms with Crippen molar-refractivity contribution in [3.8, 4) is 0 Å². The molecule has 1 aromatic carbocycles. The molecule has 1 amide bonds. The number of thioether (sulfide) groups is 1. The molecule has 0 bridgehead atoms. The van der Waals surface area contributed by atoms with Gasteiger partial charge >= 0.3 is 0 Å². The third-order valence-corrected chi connectivity index (χ3v) is 6.98. The molecule has 26 heavy (non-hydrogen) atoms. The van der Waals surface area contributed by atoms with E-state index < -0.39 is 15.9 Å². The number of aromatic nitrogens is 2. The number of carbonyl (C=O) groups is 1. The largest absolute Gasteiger partial charge is 0.322 e. The van der Waals surface area contributed by atoms with Gasteiger partial charge in [-0.1, -0.05) is 11.6 Å². The second-order valence-electron chi connectivity index (χ2n) is 5.68. The Balaban J connectivity index is 1.92. The van der Waals surface area contributed by atoms with Crippen molar-refractivity contribution in [1.82, 2.24) is 14.1 Å². The number of hydrogen-bond acceptors (Lipinski definition) is 5. The van der Waals surface area contributed by atoms with E-state index >= 15 is 0 Å². The van der Waals surface area contributed by atoms with E-state index in [1.54, 1.807) is 36.0 Å². The van der Waals surface area contributed by atoms with E-state index in [9.17, 15) is 13.2 Å². The molecule has 2 aromatic rings. The summed E-state index contributed by atoms with van der Waals surface area (Å²) in [5, 5.41) is 7.20. The molecule has 0 saturated carbocycles. The summed E-state index contributed by atoms with van der Waals surface area (Å²) >= 11 is 7.56. The number of nitrogens with zero attached hydrogens (tertiary/aromatic N) is 3. The lowest BCUT2D eigenvalue weighted by Gasteiger charge is -2.24. The number of carbonyl (C=O) groups excluding carboxylic acids is 1. The van der Waals surface area contributed by atoms with Crippen molar-refractivity contribution in [2.24, 2.45) is 0 Å². The SMILES string of the molecule is CCn1cc(C(=O)Nc2ccc(Cl)cc2)c(S(=O)(=O)N2CCSCC2)n1. The van der Waals surface area contributed by atoms with Crippen LogP contribution in [0.3, 0.4) is 0 Å². The van der Waals surface area contributed by atoms with E-state index in [-0.39, 0.29) is 10.6 Å². The van der Waals surface area contributed by atoms with E-state index in [1.807, 2.05) is 6.92 Å². The summed E-state index contributed by atoms with van der Waals surface area (Å²) in [5.41, 5.74) is 0.571. The van der Waals surface area contributed by atoms with Crippen LogP contribution in [0.5, 0.6) is 0 Å². The third kappa shape index (κ3) is 4.06. The molecule has 0 unspecified atom stereocenters. The Labute approximate surface area is 161 Å². The zero-order valence-electron chi connectivity index (χ0n) is 14.2. The van der Waals surface area contributed by atoms with Crippen molar-refractivity contribution in [2.45, 2.75) is 18.5 Å². The van der Waals surface area contributed by atoms with Crippen LogP contribution in [0, 0.1) is 0 Å². The number of halogens is 1. The van der Waals surface area contributed by atoms with Crippen molar-refractivity contribution in [3.63, 3.8) is 0 Å². The molecule has 140 valence electrons. The molecule has 1 aliphatic rings. The Kier molecular flexibility index (Phi) is 5.91. The van der Waals surface area contributed by atoms with E-state index in [1.165, 1.54) is 15.2 Å². The number of anilines is 1. The molecule has 1 saturated heterocycles. The van der Waals surface area contributed by atoms with Crippen LogP contribution in [0.15, 0.2) is 35.5 Å². The molecule has 0 atom stereocenters. The Morgan fingerprint density at radius 2 is 1.92 bits per heavy atom. The number of aryl methyl sites for hydroxylation is 1. The lowest BCUT2D eigenvalue weighted by Crippen LogP contribution is -2.38. The fraction of sp³-hybridized carbons (Fsp3) is 0.375. The molecule has 0 aliphatic carbocycles. The zero-order chi connectivity index (χ0) is 18.7. The highest BCUT2D eigenvalue weighted by Gasteiger charge is 2.33. The lowest BCUT2D eigenvalue weighted by atomic mass is 10.3. The van der Waals surface area contributed by atoms with Gasteiger partial charge in [0.25, 0.3) is 15.9 Å². The number of benzene rings is 1. The normalized spacial score (nSPS) is 15.8. The average Bonchev–Trinajstić information content (AvgIpc) is 3.10. The highest BCUT2D eigenvalue weighted by molar-refractivity contribution is 7.99. The Hall–Kier alpha value is -1.55. The van der Waals surface area contributed by atoms with Crippen molar-refractivity contribution in [3.05, 3.63) is 41.0 Å². The standard InChI is InChI=1S/C16H19ClN4O3S2/c1-2-20-11-14(15(22)18-13-5-3-12(17)4-6-13)16(19-20)26(23,24)21-7-9-25-10-8-21/h3-6,11H,2,7-10H2,1H3,(H,18,22). The van der Waals surface area contributed by atoms with Crippen molar-refractivity contribution < 1.29 is 13.2 Å². The summed E-state index contributed by atoms with van der Waals surface area (Å²) in [4.78, 5) is 12.7. The van der Waals surface area contributed by atoms with E-state index in [0.717, 1.165) is 11.5 Å². The van der Waals surface area contributed by atoms with Crippen LogP contribution in [0.25, 0.3) is 0 Å². The monoisotopic (exact) mass is 414 g/mol. The van der Waals surface area contributed by atoms with Gasteiger partial charge in [-0.25, -0.2) is 8.42 Å². The molecule has 10 heteroatoms. The first kappa shape index (κ1) is 19.2. The molecule has 2 heterocycles. The van der Waals surface area contributed by atoms with Crippen LogP contribution in [-0.2, 0) is 16.6 Å². The van der Waals surface area contributed by atoms with Gasteiger partial charge in [-0.3, -0.25) is 9.48 Å². The topological polar surface area (TPSA) is 84.3 Å². The van der Waals surface area contributed by atoms with Crippen molar-refractivity contribution in [2.75, 3.05) is 29.9 Å². The highest BCUT2D eigenvalue weighted by atomic mass is 35.5. The number of hydrogen-bond donors (Lipinski definition) is 1. The van der Waals surface area contributed by atoms with Gasteiger partial charge in [-0.2, -0.15) is 21.2 Å². The number of nitrogens with one attached hydrogen (secondary N) is 1. The van der Waals surface area contributed by atoms with Gasteiger partial charge < -0.3 is 5.32 Å². The van der Waals surface area contributed by atoms with Gasteiger partial charge in [0, 0.05) is 48.0 Å². The van der Waals surface area contributed by atoms with Gasteiger partial charge in [0.1, 0.15) is 0 Å². The molecular weight excluding hydrogens is 396 g/mol. The van der Waals surface area contributed by atoms with Crippen LogP contribution >= 0.6 is 23.4 Å². The average molecular weight is 415 g/mol. The zero-order valence-corrected chi connectivity index (χ0v) is 16.6. The van der Waals surface area contributed by atoms with Gasteiger partial charge in [-0.15, -0.1) is 0 Å². The third-order valence-electron chi connectivity index (χ3n) is 3.95. The van der Waals surface area contributed by atoms with Crippen LogP contribution in [0.1, 0.15) is 17.3 Å².